The molecule has 0 radical (unpaired) electrons. The molecule has 1 aliphatic rings. The Balaban J connectivity index is 1.27. The van der Waals surface area contributed by atoms with E-state index in [4.69, 9.17) is 14.2 Å². The highest BCUT2D eigenvalue weighted by Crippen LogP contribution is 2.32. The van der Waals surface area contributed by atoms with E-state index in [0.29, 0.717) is 18.0 Å². The molecule has 0 fully saturated rings. The highest BCUT2D eigenvalue weighted by atomic mass is 32.1. The number of amides is 1. The first-order valence-electron chi connectivity index (χ1n) is 8.93. The molecule has 148 valence electrons. The average Bonchev–Trinajstić information content (AvgIpc) is 3.40. The van der Waals surface area contributed by atoms with Crippen LogP contribution < -0.4 is 14.8 Å². The summed E-state index contributed by atoms with van der Waals surface area (Å²) in [6.07, 6.45) is 0. The lowest BCUT2D eigenvalue weighted by Crippen LogP contribution is -2.28. The molecule has 2 heterocycles. The van der Waals surface area contributed by atoms with Gasteiger partial charge in [0.15, 0.2) is 23.8 Å². The van der Waals surface area contributed by atoms with Gasteiger partial charge in [0.25, 0.3) is 5.91 Å². The number of rotatable bonds is 6. The number of nitrogens with zero attached hydrogens (tertiary/aromatic N) is 1. The number of benzene rings is 2. The lowest BCUT2D eigenvalue weighted by molar-refractivity contribution is -0.124. The topological polar surface area (TPSA) is 86.8 Å². The fourth-order valence-corrected chi connectivity index (χ4v) is 3.50. The van der Waals surface area contributed by atoms with Crippen molar-refractivity contribution in [1.82, 2.24) is 10.3 Å². The molecule has 0 spiro atoms. The summed E-state index contributed by atoms with van der Waals surface area (Å²) in [5.41, 5.74) is 3.13. The maximum absolute atomic E-state index is 12.2. The lowest BCUT2D eigenvalue weighted by Gasteiger charge is -2.06. The molecule has 29 heavy (non-hydrogen) atoms. The zero-order valence-electron chi connectivity index (χ0n) is 15.6. The number of aryl methyl sites for hydroxylation is 1. The van der Waals surface area contributed by atoms with Gasteiger partial charge in [-0.2, -0.15) is 0 Å². The summed E-state index contributed by atoms with van der Waals surface area (Å²) in [5, 5.41) is 5.06. The van der Waals surface area contributed by atoms with Crippen LogP contribution in [0.1, 0.15) is 21.6 Å². The van der Waals surface area contributed by atoms with Crippen LogP contribution in [0.15, 0.2) is 47.8 Å². The van der Waals surface area contributed by atoms with E-state index in [2.05, 4.69) is 10.3 Å². The fraction of sp³-hybridized carbons (Fsp3) is 0.190. The van der Waals surface area contributed by atoms with Crippen LogP contribution in [0.25, 0.3) is 10.6 Å². The molecule has 4 rings (SSSR count). The Labute approximate surface area is 171 Å². The van der Waals surface area contributed by atoms with Crippen molar-refractivity contribution in [2.75, 3.05) is 13.4 Å². The molecule has 8 heteroatoms. The molecule has 3 aromatic rings. The van der Waals surface area contributed by atoms with Gasteiger partial charge in [-0.1, -0.05) is 35.9 Å². The van der Waals surface area contributed by atoms with Gasteiger partial charge in [-0.05, 0) is 24.6 Å². The quantitative estimate of drug-likeness (QED) is 0.628. The van der Waals surface area contributed by atoms with Crippen LogP contribution in [0, 0.1) is 6.92 Å². The number of ether oxygens (including phenoxy) is 3. The van der Waals surface area contributed by atoms with Crippen molar-refractivity contribution in [3.8, 4) is 22.1 Å². The standard InChI is InChI=1S/C21H18N2O5S/c1-13-2-5-15(6-3-13)20-23-16(11-29-20)21(25)26-10-19(24)22-9-14-4-7-17-18(8-14)28-12-27-17/h2-8,11H,9-10,12H2,1H3,(H,22,24). The molecule has 0 saturated heterocycles. The summed E-state index contributed by atoms with van der Waals surface area (Å²) in [6.45, 7) is 2.12. The van der Waals surface area contributed by atoms with Gasteiger partial charge in [-0.15, -0.1) is 11.3 Å². The predicted octanol–water partition coefficient (Wildman–Crippen LogP) is 3.32. The van der Waals surface area contributed by atoms with E-state index in [9.17, 15) is 9.59 Å². The molecule has 1 aliphatic heterocycles. The second-order valence-corrected chi connectivity index (χ2v) is 7.30. The van der Waals surface area contributed by atoms with Crippen molar-refractivity contribution >= 4 is 23.2 Å². The second kappa shape index (κ2) is 8.32. The third-order valence-electron chi connectivity index (χ3n) is 4.27. The molecule has 0 atom stereocenters. The van der Waals surface area contributed by atoms with Gasteiger partial charge < -0.3 is 19.5 Å². The number of hydrogen-bond acceptors (Lipinski definition) is 7. The molecular formula is C21H18N2O5S. The van der Waals surface area contributed by atoms with Gasteiger partial charge in [0.1, 0.15) is 5.01 Å². The van der Waals surface area contributed by atoms with Crippen LogP contribution in [0.3, 0.4) is 0 Å². The number of esters is 1. The number of hydrogen-bond donors (Lipinski definition) is 1. The highest BCUT2D eigenvalue weighted by molar-refractivity contribution is 7.13. The highest BCUT2D eigenvalue weighted by Gasteiger charge is 2.16. The minimum absolute atomic E-state index is 0.189. The Morgan fingerprint density at radius 2 is 1.93 bits per heavy atom. The molecule has 0 aliphatic carbocycles. The Hall–Kier alpha value is -3.39. The van der Waals surface area contributed by atoms with Crippen LogP contribution in [-0.4, -0.2) is 30.3 Å². The minimum atomic E-state index is -0.627. The molecule has 7 nitrogen and oxygen atoms in total. The summed E-state index contributed by atoms with van der Waals surface area (Å²) in [7, 11) is 0. The van der Waals surface area contributed by atoms with Gasteiger partial charge in [-0.3, -0.25) is 4.79 Å². The largest absolute Gasteiger partial charge is 0.454 e. The summed E-state index contributed by atoms with van der Waals surface area (Å²) < 4.78 is 15.6. The molecule has 0 bridgehead atoms. The average molecular weight is 410 g/mol. The number of carbonyl (C=O) groups is 2. The first-order chi connectivity index (χ1) is 14.1. The monoisotopic (exact) mass is 410 g/mol. The van der Waals surface area contributed by atoms with Crippen LogP contribution in [0.4, 0.5) is 0 Å². The molecule has 2 aromatic carbocycles. The normalized spacial score (nSPS) is 11.9. The molecule has 1 N–H and O–H groups in total. The van der Waals surface area contributed by atoms with Crippen molar-refractivity contribution in [2.45, 2.75) is 13.5 Å². The molecular weight excluding hydrogens is 392 g/mol. The van der Waals surface area contributed by atoms with E-state index >= 15 is 0 Å². The van der Waals surface area contributed by atoms with E-state index in [1.54, 1.807) is 17.5 Å². The Morgan fingerprint density at radius 3 is 2.76 bits per heavy atom. The molecule has 1 aromatic heterocycles. The van der Waals surface area contributed by atoms with Crippen LogP contribution in [0.5, 0.6) is 11.5 Å². The van der Waals surface area contributed by atoms with Crippen LogP contribution >= 0.6 is 11.3 Å². The number of aromatic nitrogens is 1. The number of fused-ring (bicyclic) bond motifs is 1. The smallest absolute Gasteiger partial charge is 0.358 e. The zero-order chi connectivity index (χ0) is 20.2. The second-order valence-electron chi connectivity index (χ2n) is 6.44. The Morgan fingerprint density at radius 1 is 1.14 bits per heavy atom. The summed E-state index contributed by atoms with van der Waals surface area (Å²) in [5.74, 6) is 0.307. The van der Waals surface area contributed by atoms with E-state index in [0.717, 1.165) is 21.7 Å². The van der Waals surface area contributed by atoms with Crippen molar-refractivity contribution in [3.63, 3.8) is 0 Å². The summed E-state index contributed by atoms with van der Waals surface area (Å²) >= 11 is 1.35. The SMILES string of the molecule is Cc1ccc(-c2nc(C(=O)OCC(=O)NCc3ccc4c(c3)OCO4)cs2)cc1. The van der Waals surface area contributed by atoms with Crippen molar-refractivity contribution in [1.29, 1.82) is 0 Å². The fourth-order valence-electron chi connectivity index (χ4n) is 2.70. The van der Waals surface area contributed by atoms with E-state index in [-0.39, 0.29) is 19.1 Å². The minimum Gasteiger partial charge on any atom is -0.454 e. The maximum atomic E-state index is 12.2. The Kier molecular flexibility index (Phi) is 5.44. The summed E-state index contributed by atoms with van der Waals surface area (Å²) in [6, 6.07) is 13.3. The predicted molar refractivity (Wildman–Crippen MR) is 107 cm³/mol. The molecule has 1 amide bonds. The van der Waals surface area contributed by atoms with Gasteiger partial charge in [0.2, 0.25) is 6.79 Å². The number of nitrogens with one attached hydrogen (secondary N) is 1. The van der Waals surface area contributed by atoms with Crippen molar-refractivity contribution in [2.24, 2.45) is 0 Å². The van der Waals surface area contributed by atoms with Gasteiger partial charge in [0, 0.05) is 17.5 Å². The number of carbonyl (C=O) groups excluding carboxylic acids is 2. The lowest BCUT2D eigenvalue weighted by atomic mass is 10.2. The van der Waals surface area contributed by atoms with Gasteiger partial charge in [-0.25, -0.2) is 9.78 Å². The Bertz CT molecular complexity index is 1050. The van der Waals surface area contributed by atoms with E-state index in [1.807, 2.05) is 37.3 Å². The summed E-state index contributed by atoms with van der Waals surface area (Å²) in [4.78, 5) is 28.4. The van der Waals surface area contributed by atoms with Gasteiger partial charge >= 0.3 is 5.97 Å². The first-order valence-corrected chi connectivity index (χ1v) is 9.81. The van der Waals surface area contributed by atoms with Crippen molar-refractivity contribution in [3.05, 3.63) is 64.7 Å². The zero-order valence-corrected chi connectivity index (χ0v) is 16.5. The first kappa shape index (κ1) is 18.9. The number of thiazole rings is 1. The van der Waals surface area contributed by atoms with E-state index < -0.39 is 11.9 Å². The van der Waals surface area contributed by atoms with E-state index in [1.165, 1.54) is 11.3 Å². The third kappa shape index (κ3) is 4.55. The van der Waals surface area contributed by atoms with Gasteiger partial charge in [0.05, 0.1) is 0 Å². The van der Waals surface area contributed by atoms with Crippen LogP contribution in [-0.2, 0) is 16.1 Å². The maximum Gasteiger partial charge on any atom is 0.358 e. The molecule has 0 unspecified atom stereocenters. The third-order valence-corrected chi connectivity index (χ3v) is 5.16. The molecule has 0 saturated carbocycles. The van der Waals surface area contributed by atoms with Crippen LogP contribution in [0.2, 0.25) is 0 Å². The van der Waals surface area contributed by atoms with Crippen molar-refractivity contribution < 1.29 is 23.8 Å².